The molecule has 0 bridgehead atoms. The van der Waals surface area contributed by atoms with Gasteiger partial charge >= 0.3 is 0 Å². The Labute approximate surface area is 116 Å². The van der Waals surface area contributed by atoms with Crippen LogP contribution in [0, 0.1) is 12.8 Å². The van der Waals surface area contributed by atoms with Crippen LogP contribution in [0.4, 0.5) is 0 Å². The van der Waals surface area contributed by atoms with Crippen molar-refractivity contribution in [2.24, 2.45) is 13.0 Å². The maximum Gasteiger partial charge on any atom is 0.0846 e. The Kier molecular flexibility index (Phi) is 6.16. The highest BCUT2D eigenvalue weighted by Crippen LogP contribution is 2.22. The lowest BCUT2D eigenvalue weighted by molar-refractivity contribution is 0.375. The van der Waals surface area contributed by atoms with Crippen molar-refractivity contribution in [3.63, 3.8) is 0 Å². The number of nitrogens with one attached hydrogen (secondary N) is 1. The minimum Gasteiger partial charge on any atom is -0.314 e. The molecule has 0 aliphatic carbocycles. The predicted molar refractivity (Wildman–Crippen MR) is 78.2 cm³/mol. The third kappa shape index (κ3) is 3.99. The summed E-state index contributed by atoms with van der Waals surface area (Å²) >= 11 is 6.28. The molecule has 1 N–H and O–H groups in total. The smallest absolute Gasteiger partial charge is 0.0846 e. The van der Waals surface area contributed by atoms with Crippen LogP contribution < -0.4 is 5.32 Å². The number of rotatable bonds is 7. The first kappa shape index (κ1) is 15.5. The molecule has 4 heteroatoms. The van der Waals surface area contributed by atoms with E-state index in [-0.39, 0.29) is 0 Å². The van der Waals surface area contributed by atoms with E-state index in [2.05, 4.69) is 31.2 Å². The maximum absolute atomic E-state index is 6.28. The lowest BCUT2D eigenvalue weighted by atomic mass is 9.98. The van der Waals surface area contributed by atoms with Gasteiger partial charge in [-0.15, -0.1) is 0 Å². The normalized spacial score (nSPS) is 13.3. The summed E-state index contributed by atoms with van der Waals surface area (Å²) in [5.74, 6) is 0.643. The van der Waals surface area contributed by atoms with Gasteiger partial charge in [0, 0.05) is 13.1 Å². The number of hydrogen-bond donors (Lipinski definition) is 1. The summed E-state index contributed by atoms with van der Waals surface area (Å²) in [5, 5.41) is 8.80. The van der Waals surface area contributed by atoms with Gasteiger partial charge in [0.25, 0.3) is 0 Å². The van der Waals surface area contributed by atoms with Crippen LogP contribution in [0.3, 0.4) is 0 Å². The van der Waals surface area contributed by atoms with Crippen molar-refractivity contribution in [3.8, 4) is 0 Å². The molecule has 0 saturated heterocycles. The number of aromatic nitrogens is 2. The van der Waals surface area contributed by atoms with Gasteiger partial charge in [0.15, 0.2) is 0 Å². The first-order valence-electron chi connectivity index (χ1n) is 6.88. The van der Waals surface area contributed by atoms with Crippen LogP contribution in [0.15, 0.2) is 0 Å². The maximum atomic E-state index is 6.28. The standard InChI is InChI=1S/C14H26ClN3/c1-6-9-16-12(10(2)3)7-8-13-14(15)11(4)17-18(13)5/h10,12,16H,6-9H2,1-5H3. The Morgan fingerprint density at radius 1 is 1.39 bits per heavy atom. The fourth-order valence-electron chi connectivity index (χ4n) is 2.24. The van der Waals surface area contributed by atoms with Gasteiger partial charge in [0.05, 0.1) is 16.4 Å². The van der Waals surface area contributed by atoms with E-state index >= 15 is 0 Å². The average Bonchev–Trinajstić information content (AvgIpc) is 2.54. The Morgan fingerprint density at radius 3 is 2.50 bits per heavy atom. The Morgan fingerprint density at radius 2 is 2.06 bits per heavy atom. The van der Waals surface area contributed by atoms with E-state index < -0.39 is 0 Å². The fraction of sp³-hybridized carbons (Fsp3) is 0.786. The SMILES string of the molecule is CCCNC(CCc1c(Cl)c(C)nn1C)C(C)C. The molecule has 0 saturated carbocycles. The molecule has 0 radical (unpaired) electrons. The van der Waals surface area contributed by atoms with Crippen LogP contribution in [0.25, 0.3) is 0 Å². The van der Waals surface area contributed by atoms with E-state index in [9.17, 15) is 0 Å². The van der Waals surface area contributed by atoms with Gasteiger partial charge in [0.1, 0.15) is 0 Å². The monoisotopic (exact) mass is 271 g/mol. The van der Waals surface area contributed by atoms with Gasteiger partial charge in [-0.25, -0.2) is 0 Å². The van der Waals surface area contributed by atoms with Gasteiger partial charge in [-0.2, -0.15) is 5.10 Å². The molecule has 18 heavy (non-hydrogen) atoms. The van der Waals surface area contributed by atoms with Crippen LogP contribution in [0.1, 0.15) is 45.0 Å². The predicted octanol–water partition coefficient (Wildman–Crippen LogP) is 3.34. The molecule has 0 aliphatic rings. The summed E-state index contributed by atoms with van der Waals surface area (Å²) < 4.78 is 1.91. The highest BCUT2D eigenvalue weighted by Gasteiger charge is 2.16. The molecular formula is C14H26ClN3. The summed E-state index contributed by atoms with van der Waals surface area (Å²) in [6.07, 6.45) is 3.26. The van der Waals surface area contributed by atoms with Crippen LogP contribution in [0.2, 0.25) is 5.02 Å². The van der Waals surface area contributed by atoms with E-state index in [4.69, 9.17) is 11.6 Å². The molecule has 1 atom stereocenters. The van der Waals surface area contributed by atoms with Crippen molar-refractivity contribution >= 4 is 11.6 Å². The van der Waals surface area contributed by atoms with Crippen molar-refractivity contribution in [2.45, 2.75) is 53.0 Å². The molecule has 3 nitrogen and oxygen atoms in total. The summed E-state index contributed by atoms with van der Waals surface area (Å²) in [5.41, 5.74) is 2.08. The molecule has 0 amide bonds. The Balaban J connectivity index is 2.61. The van der Waals surface area contributed by atoms with Crippen LogP contribution >= 0.6 is 11.6 Å². The summed E-state index contributed by atoms with van der Waals surface area (Å²) in [7, 11) is 1.97. The molecule has 0 spiro atoms. The van der Waals surface area contributed by atoms with E-state index in [1.54, 1.807) is 0 Å². The summed E-state index contributed by atoms with van der Waals surface area (Å²) in [4.78, 5) is 0. The summed E-state index contributed by atoms with van der Waals surface area (Å²) in [6.45, 7) is 9.78. The largest absolute Gasteiger partial charge is 0.314 e. The van der Waals surface area contributed by atoms with Gasteiger partial charge in [-0.05, 0) is 38.6 Å². The summed E-state index contributed by atoms with van der Waals surface area (Å²) in [6, 6.07) is 0.552. The zero-order chi connectivity index (χ0) is 13.7. The highest BCUT2D eigenvalue weighted by atomic mass is 35.5. The van der Waals surface area contributed by atoms with Gasteiger partial charge in [-0.1, -0.05) is 32.4 Å². The number of aryl methyl sites for hydroxylation is 2. The molecule has 1 unspecified atom stereocenters. The quantitative estimate of drug-likeness (QED) is 0.824. The highest BCUT2D eigenvalue weighted by molar-refractivity contribution is 6.31. The molecule has 0 aliphatic heterocycles. The fourth-order valence-corrected chi connectivity index (χ4v) is 2.50. The lowest BCUT2D eigenvalue weighted by Gasteiger charge is -2.22. The number of nitrogens with zero attached hydrogens (tertiary/aromatic N) is 2. The van der Waals surface area contributed by atoms with E-state index in [1.807, 2.05) is 18.7 Å². The third-order valence-electron chi connectivity index (χ3n) is 3.42. The molecule has 1 aromatic heterocycles. The van der Waals surface area contributed by atoms with Gasteiger partial charge in [-0.3, -0.25) is 4.68 Å². The first-order chi connectivity index (χ1) is 8.47. The second-order valence-corrected chi connectivity index (χ2v) is 5.69. The van der Waals surface area contributed by atoms with Gasteiger partial charge < -0.3 is 5.32 Å². The van der Waals surface area contributed by atoms with Crippen molar-refractivity contribution in [2.75, 3.05) is 6.54 Å². The molecule has 0 aromatic carbocycles. The molecule has 1 aromatic rings. The van der Waals surface area contributed by atoms with Crippen LogP contribution in [0.5, 0.6) is 0 Å². The second-order valence-electron chi connectivity index (χ2n) is 5.31. The van der Waals surface area contributed by atoms with Crippen molar-refractivity contribution in [3.05, 3.63) is 16.4 Å². The van der Waals surface area contributed by atoms with Crippen LogP contribution in [-0.2, 0) is 13.5 Å². The van der Waals surface area contributed by atoms with E-state index in [0.29, 0.717) is 12.0 Å². The number of hydrogen-bond acceptors (Lipinski definition) is 2. The van der Waals surface area contributed by atoms with Crippen molar-refractivity contribution in [1.82, 2.24) is 15.1 Å². The molecule has 1 heterocycles. The zero-order valence-electron chi connectivity index (χ0n) is 12.3. The first-order valence-corrected chi connectivity index (χ1v) is 7.26. The van der Waals surface area contributed by atoms with Crippen molar-refractivity contribution < 1.29 is 0 Å². The Bertz CT molecular complexity index is 371. The van der Waals surface area contributed by atoms with Crippen molar-refractivity contribution in [1.29, 1.82) is 0 Å². The van der Waals surface area contributed by atoms with Gasteiger partial charge in [0.2, 0.25) is 0 Å². The number of halogens is 1. The molecule has 0 fully saturated rings. The van der Waals surface area contributed by atoms with E-state index in [1.165, 1.54) is 6.42 Å². The van der Waals surface area contributed by atoms with Crippen LogP contribution in [-0.4, -0.2) is 22.4 Å². The Hall–Kier alpha value is -0.540. The second kappa shape index (κ2) is 7.15. The average molecular weight is 272 g/mol. The zero-order valence-corrected chi connectivity index (χ0v) is 13.0. The molecular weight excluding hydrogens is 246 g/mol. The lowest BCUT2D eigenvalue weighted by Crippen LogP contribution is -2.34. The van der Waals surface area contributed by atoms with E-state index in [0.717, 1.165) is 35.8 Å². The molecule has 104 valence electrons. The minimum absolute atomic E-state index is 0.552. The molecule has 1 rings (SSSR count). The topological polar surface area (TPSA) is 29.9 Å². The third-order valence-corrected chi connectivity index (χ3v) is 3.91. The minimum atomic E-state index is 0.552.